The van der Waals surface area contributed by atoms with Gasteiger partial charge in [-0.15, -0.1) is 0 Å². The molecule has 7 heteroatoms. The number of piperidine rings is 1. The van der Waals surface area contributed by atoms with Gasteiger partial charge in [-0.05, 0) is 12.0 Å². The molecule has 1 aromatic rings. The molecule has 1 aliphatic rings. The molecule has 5 nitrogen and oxygen atoms in total. The highest BCUT2D eigenvalue weighted by Crippen LogP contribution is 2.37. The summed E-state index contributed by atoms with van der Waals surface area (Å²) in [7, 11) is 0. The van der Waals surface area contributed by atoms with E-state index in [0.29, 0.717) is 6.42 Å². The number of aliphatic carboxylic acids is 1. The first-order valence-corrected chi connectivity index (χ1v) is 7.41. The van der Waals surface area contributed by atoms with Crippen molar-refractivity contribution in [3.63, 3.8) is 0 Å². The first-order chi connectivity index (χ1) is 10.8. The number of carbonyl (C=O) groups excluding carboxylic acids is 1. The monoisotopic (exact) mass is 327 g/mol. The van der Waals surface area contributed by atoms with Gasteiger partial charge in [-0.2, -0.15) is 8.78 Å². The van der Waals surface area contributed by atoms with Crippen LogP contribution >= 0.6 is 0 Å². The number of halogens is 2. The normalized spacial score (nSPS) is 17.8. The minimum absolute atomic E-state index is 0.0764. The largest absolute Gasteiger partial charge is 0.477 e. The van der Waals surface area contributed by atoms with Crippen LogP contribution in [0.1, 0.15) is 24.8 Å². The quantitative estimate of drug-likeness (QED) is 0.863. The number of aryl methyl sites for hydroxylation is 1. The van der Waals surface area contributed by atoms with Gasteiger partial charge in [0.05, 0.1) is 0 Å². The van der Waals surface area contributed by atoms with Gasteiger partial charge in [-0.1, -0.05) is 30.3 Å². The third-order valence-electron chi connectivity index (χ3n) is 4.27. The van der Waals surface area contributed by atoms with E-state index in [1.165, 1.54) is 4.90 Å². The Bertz CT molecular complexity index is 569. The number of aliphatic hydroxyl groups is 1. The van der Waals surface area contributed by atoms with Gasteiger partial charge in [-0.25, -0.2) is 4.79 Å². The second-order valence-electron chi connectivity index (χ2n) is 5.78. The summed E-state index contributed by atoms with van der Waals surface area (Å²) in [5, 5.41) is 18.5. The molecule has 0 aliphatic carbocycles. The molecular formula is C16H19F2NO4. The molecule has 2 rings (SSSR count). The van der Waals surface area contributed by atoms with Gasteiger partial charge in [0.2, 0.25) is 5.91 Å². The second-order valence-corrected chi connectivity index (χ2v) is 5.78. The van der Waals surface area contributed by atoms with Crippen LogP contribution in [0.5, 0.6) is 0 Å². The van der Waals surface area contributed by atoms with Crippen molar-refractivity contribution in [2.24, 2.45) is 0 Å². The number of likely N-dealkylation sites (tertiary alicyclic amines) is 1. The summed E-state index contributed by atoms with van der Waals surface area (Å²) in [6.07, 6.45) is -0.115. The van der Waals surface area contributed by atoms with Gasteiger partial charge in [-0.3, -0.25) is 4.79 Å². The molecule has 1 fully saturated rings. The molecule has 126 valence electrons. The summed E-state index contributed by atoms with van der Waals surface area (Å²) >= 11 is 0. The maximum atomic E-state index is 13.6. The highest BCUT2D eigenvalue weighted by Gasteiger charge is 2.59. The zero-order valence-corrected chi connectivity index (χ0v) is 12.5. The lowest BCUT2D eigenvalue weighted by Crippen LogP contribution is -2.59. The van der Waals surface area contributed by atoms with Gasteiger partial charge in [0.15, 0.2) is 0 Å². The minimum atomic E-state index is -4.22. The van der Waals surface area contributed by atoms with Crippen LogP contribution in [-0.2, 0) is 16.0 Å². The Labute approximate surface area is 132 Å². The molecule has 0 aromatic heterocycles. The highest BCUT2D eigenvalue weighted by molar-refractivity contribution is 5.78. The highest BCUT2D eigenvalue weighted by atomic mass is 19.3. The number of benzene rings is 1. The fourth-order valence-corrected chi connectivity index (χ4v) is 2.69. The third-order valence-corrected chi connectivity index (χ3v) is 4.27. The summed E-state index contributed by atoms with van der Waals surface area (Å²) in [5.41, 5.74) is -1.60. The van der Waals surface area contributed by atoms with Crippen molar-refractivity contribution in [1.82, 2.24) is 4.90 Å². The average molecular weight is 327 g/mol. The molecule has 1 heterocycles. The second kappa shape index (κ2) is 6.62. The number of hydrogen-bond acceptors (Lipinski definition) is 3. The predicted octanol–water partition coefficient (Wildman–Crippen LogP) is 1.69. The zero-order chi connectivity index (χ0) is 17.1. The van der Waals surface area contributed by atoms with Crippen molar-refractivity contribution in [1.29, 1.82) is 0 Å². The Morgan fingerprint density at radius 2 is 1.74 bits per heavy atom. The van der Waals surface area contributed by atoms with Gasteiger partial charge in [0, 0.05) is 32.4 Å². The standard InChI is InChI=1S/C16H19F2NO4/c17-16(18,14(21)22)15(23)8-10-19(11-9-15)13(20)7-6-12-4-2-1-3-5-12/h1-5,23H,6-11H2,(H,21,22). The fourth-order valence-electron chi connectivity index (χ4n) is 2.69. The van der Waals surface area contributed by atoms with Crippen LogP contribution in [-0.4, -0.2) is 51.6 Å². The Morgan fingerprint density at radius 1 is 1.17 bits per heavy atom. The zero-order valence-electron chi connectivity index (χ0n) is 12.5. The van der Waals surface area contributed by atoms with E-state index < -0.39 is 30.3 Å². The number of alkyl halides is 2. The van der Waals surface area contributed by atoms with Crippen molar-refractivity contribution >= 4 is 11.9 Å². The molecule has 0 unspecified atom stereocenters. The van der Waals surface area contributed by atoms with Crippen molar-refractivity contribution in [2.45, 2.75) is 37.2 Å². The van der Waals surface area contributed by atoms with E-state index in [1.54, 1.807) is 0 Å². The Balaban J connectivity index is 1.89. The number of carboxylic acids is 1. The summed E-state index contributed by atoms with van der Waals surface area (Å²) < 4.78 is 27.1. The molecule has 0 bridgehead atoms. The van der Waals surface area contributed by atoms with Crippen LogP contribution in [0.3, 0.4) is 0 Å². The van der Waals surface area contributed by atoms with Crippen LogP contribution < -0.4 is 0 Å². The van der Waals surface area contributed by atoms with Crippen LogP contribution in [0.15, 0.2) is 30.3 Å². The third kappa shape index (κ3) is 3.67. The molecule has 1 aromatic carbocycles. The van der Waals surface area contributed by atoms with Crippen molar-refractivity contribution in [3.8, 4) is 0 Å². The Hall–Kier alpha value is -2.02. The van der Waals surface area contributed by atoms with Gasteiger partial charge in [0.25, 0.3) is 0 Å². The van der Waals surface area contributed by atoms with Crippen LogP contribution in [0.2, 0.25) is 0 Å². The first-order valence-electron chi connectivity index (χ1n) is 7.41. The molecule has 23 heavy (non-hydrogen) atoms. The van der Waals surface area contributed by atoms with Crippen LogP contribution in [0.25, 0.3) is 0 Å². The Kier molecular flexibility index (Phi) is 4.99. The van der Waals surface area contributed by atoms with E-state index in [0.717, 1.165) is 5.56 Å². The predicted molar refractivity (Wildman–Crippen MR) is 78.1 cm³/mol. The van der Waals surface area contributed by atoms with E-state index >= 15 is 0 Å². The molecule has 0 atom stereocenters. The molecular weight excluding hydrogens is 308 g/mol. The van der Waals surface area contributed by atoms with E-state index in [1.807, 2.05) is 30.3 Å². The van der Waals surface area contributed by atoms with E-state index in [4.69, 9.17) is 5.11 Å². The maximum Gasteiger partial charge on any atom is 0.377 e. The molecule has 1 aliphatic heterocycles. The number of carboxylic acid groups (broad SMARTS) is 1. The van der Waals surface area contributed by atoms with E-state index in [2.05, 4.69) is 0 Å². The first kappa shape index (κ1) is 17.3. The number of carbonyl (C=O) groups is 2. The molecule has 1 saturated heterocycles. The average Bonchev–Trinajstić information content (AvgIpc) is 2.54. The van der Waals surface area contributed by atoms with Crippen molar-refractivity contribution in [3.05, 3.63) is 35.9 Å². The molecule has 2 N–H and O–H groups in total. The lowest BCUT2D eigenvalue weighted by Gasteiger charge is -2.40. The topological polar surface area (TPSA) is 77.8 Å². The summed E-state index contributed by atoms with van der Waals surface area (Å²) in [4.78, 5) is 24.1. The summed E-state index contributed by atoms with van der Waals surface area (Å²) in [6, 6.07) is 9.41. The lowest BCUT2D eigenvalue weighted by atomic mass is 9.85. The van der Waals surface area contributed by atoms with Gasteiger partial charge >= 0.3 is 11.9 Å². The van der Waals surface area contributed by atoms with E-state index in [9.17, 15) is 23.5 Å². The van der Waals surface area contributed by atoms with Gasteiger partial charge in [0.1, 0.15) is 5.60 Å². The van der Waals surface area contributed by atoms with Crippen molar-refractivity contribution < 1.29 is 28.6 Å². The minimum Gasteiger partial charge on any atom is -0.477 e. The maximum absolute atomic E-state index is 13.6. The smallest absolute Gasteiger partial charge is 0.377 e. The fraction of sp³-hybridized carbons (Fsp3) is 0.500. The molecule has 0 radical (unpaired) electrons. The van der Waals surface area contributed by atoms with Crippen LogP contribution in [0.4, 0.5) is 8.78 Å². The Morgan fingerprint density at radius 3 is 2.26 bits per heavy atom. The van der Waals surface area contributed by atoms with E-state index in [-0.39, 0.29) is 25.4 Å². The summed E-state index contributed by atoms with van der Waals surface area (Å²) in [5.74, 6) is -6.75. The van der Waals surface area contributed by atoms with Gasteiger partial charge < -0.3 is 15.1 Å². The molecule has 1 amide bonds. The van der Waals surface area contributed by atoms with Crippen molar-refractivity contribution in [2.75, 3.05) is 13.1 Å². The molecule has 0 spiro atoms. The number of rotatable bonds is 5. The number of nitrogens with zero attached hydrogens (tertiary/aromatic N) is 1. The summed E-state index contributed by atoms with van der Waals surface area (Å²) in [6.45, 7) is -0.153. The number of amides is 1. The molecule has 0 saturated carbocycles. The SMILES string of the molecule is O=C(CCc1ccccc1)N1CCC(O)(C(F)(F)C(=O)O)CC1. The number of hydrogen-bond donors (Lipinski definition) is 2. The lowest BCUT2D eigenvalue weighted by molar-refractivity contribution is -0.218. The van der Waals surface area contributed by atoms with Crippen LogP contribution in [0, 0.1) is 0 Å².